The van der Waals surface area contributed by atoms with Gasteiger partial charge in [-0.15, -0.1) is 5.10 Å². The molecule has 0 bridgehead atoms. The van der Waals surface area contributed by atoms with E-state index >= 15 is 0 Å². The maximum Gasteiger partial charge on any atom is 0.139 e. The molecule has 1 aliphatic rings. The zero-order valence-corrected chi connectivity index (χ0v) is 3.78. The molecule has 0 aromatic heterocycles. The molecule has 1 heterocycles. The van der Waals surface area contributed by atoms with E-state index < -0.39 is 0 Å². The highest BCUT2D eigenvalue weighted by Crippen LogP contribution is 1.86. The van der Waals surface area contributed by atoms with Gasteiger partial charge in [0.15, 0.2) is 0 Å². The van der Waals surface area contributed by atoms with Crippen LogP contribution < -0.4 is 11.7 Å². The van der Waals surface area contributed by atoms with Crippen LogP contribution in [0.25, 0.3) is 0 Å². The molecule has 5 nitrogen and oxygen atoms in total. The summed E-state index contributed by atoms with van der Waals surface area (Å²) in [5, 5.41) is 6.24. The van der Waals surface area contributed by atoms with E-state index in [1.54, 1.807) is 0 Å². The van der Waals surface area contributed by atoms with Crippen LogP contribution in [0.4, 0.5) is 0 Å². The molecule has 0 spiro atoms. The molecule has 0 aromatic carbocycles. The first-order valence-corrected chi connectivity index (χ1v) is 1.87. The van der Waals surface area contributed by atoms with Crippen LogP contribution in [0.1, 0.15) is 0 Å². The van der Waals surface area contributed by atoms with Crippen LogP contribution in [0.3, 0.4) is 0 Å². The van der Waals surface area contributed by atoms with E-state index in [9.17, 15) is 0 Å². The summed E-state index contributed by atoms with van der Waals surface area (Å²) in [4.78, 5) is 0. The minimum Gasteiger partial charge on any atom is -0.276 e. The molecule has 1 aliphatic heterocycles. The summed E-state index contributed by atoms with van der Waals surface area (Å²) >= 11 is 0. The van der Waals surface area contributed by atoms with Crippen molar-refractivity contribution in [3.8, 4) is 0 Å². The topological polar surface area (TPSA) is 70.9 Å². The lowest BCUT2D eigenvalue weighted by atomic mass is 11.0. The quantitative estimate of drug-likeness (QED) is 0.355. The standard InChI is InChI=1S/C2H7N5/c3-6-1-5-7(4)2-6/h1H,2-4H2. The summed E-state index contributed by atoms with van der Waals surface area (Å²) in [6, 6.07) is 0. The Kier molecular flexibility index (Phi) is 0.844. The fourth-order valence-corrected chi connectivity index (χ4v) is 0.373. The Bertz CT molecular complexity index is 78.1. The first kappa shape index (κ1) is 4.35. The van der Waals surface area contributed by atoms with E-state index in [1.165, 1.54) is 16.5 Å². The van der Waals surface area contributed by atoms with Crippen molar-refractivity contribution < 1.29 is 0 Å². The third-order valence-corrected chi connectivity index (χ3v) is 0.656. The van der Waals surface area contributed by atoms with E-state index in [0.29, 0.717) is 6.67 Å². The van der Waals surface area contributed by atoms with Crippen LogP contribution in [-0.4, -0.2) is 23.1 Å². The molecule has 0 atom stereocenters. The zero-order chi connectivity index (χ0) is 5.28. The lowest BCUT2D eigenvalue weighted by Crippen LogP contribution is -2.34. The molecule has 4 N–H and O–H groups in total. The Morgan fingerprint density at radius 2 is 2.29 bits per heavy atom. The molecule has 0 saturated carbocycles. The second-order valence-electron chi connectivity index (χ2n) is 1.33. The van der Waals surface area contributed by atoms with Crippen molar-refractivity contribution >= 4 is 6.34 Å². The van der Waals surface area contributed by atoms with Crippen LogP contribution >= 0.6 is 0 Å². The zero-order valence-electron chi connectivity index (χ0n) is 3.78. The molecular formula is C2H7N5. The number of hydrogen-bond donors (Lipinski definition) is 2. The molecule has 0 unspecified atom stereocenters. The minimum absolute atomic E-state index is 0.472. The molecule has 0 saturated heterocycles. The van der Waals surface area contributed by atoms with Crippen LogP contribution in [0, 0.1) is 0 Å². The minimum atomic E-state index is 0.472. The summed E-state index contributed by atoms with van der Waals surface area (Å²) in [7, 11) is 0. The number of nitrogens with two attached hydrogens (primary N) is 2. The Labute approximate surface area is 41.1 Å². The van der Waals surface area contributed by atoms with Crippen molar-refractivity contribution in [2.75, 3.05) is 6.67 Å². The maximum absolute atomic E-state index is 5.19. The van der Waals surface area contributed by atoms with Crippen LogP contribution in [0.5, 0.6) is 0 Å². The normalized spacial score (nSPS) is 19.1. The van der Waals surface area contributed by atoms with Gasteiger partial charge in [-0.2, -0.15) is 0 Å². The molecule has 0 aromatic rings. The van der Waals surface area contributed by atoms with E-state index in [-0.39, 0.29) is 0 Å². The first-order valence-electron chi connectivity index (χ1n) is 1.87. The van der Waals surface area contributed by atoms with Gasteiger partial charge in [-0.05, 0) is 0 Å². The predicted octanol–water partition coefficient (Wildman–Crippen LogP) is -1.75. The number of nitrogens with zero attached hydrogens (tertiary/aromatic N) is 3. The van der Waals surface area contributed by atoms with Gasteiger partial charge in [-0.25, -0.2) is 16.8 Å². The van der Waals surface area contributed by atoms with Crippen molar-refractivity contribution in [1.29, 1.82) is 0 Å². The van der Waals surface area contributed by atoms with E-state index in [1.807, 2.05) is 0 Å². The SMILES string of the molecule is NN1C=NN(N)C1. The lowest BCUT2D eigenvalue weighted by molar-refractivity contribution is 0.244. The Hall–Kier alpha value is -0.810. The molecule has 0 amide bonds. The molecular weight excluding hydrogens is 94.1 g/mol. The molecule has 0 fully saturated rings. The van der Waals surface area contributed by atoms with Crippen molar-refractivity contribution in [3.05, 3.63) is 0 Å². The largest absolute Gasteiger partial charge is 0.276 e. The fraction of sp³-hybridized carbons (Fsp3) is 0.500. The van der Waals surface area contributed by atoms with Gasteiger partial charge in [0.25, 0.3) is 0 Å². The first-order chi connectivity index (χ1) is 3.29. The number of hydrazone groups is 1. The predicted molar refractivity (Wildman–Crippen MR) is 25.4 cm³/mol. The smallest absolute Gasteiger partial charge is 0.139 e. The average molecular weight is 101 g/mol. The molecule has 1 rings (SSSR count). The second kappa shape index (κ2) is 1.36. The molecule has 0 radical (unpaired) electrons. The van der Waals surface area contributed by atoms with Crippen molar-refractivity contribution in [2.45, 2.75) is 0 Å². The lowest BCUT2D eigenvalue weighted by Gasteiger charge is -2.06. The van der Waals surface area contributed by atoms with Gasteiger partial charge < -0.3 is 0 Å². The van der Waals surface area contributed by atoms with Gasteiger partial charge in [0.2, 0.25) is 0 Å². The fourth-order valence-electron chi connectivity index (χ4n) is 0.373. The van der Waals surface area contributed by atoms with Gasteiger partial charge >= 0.3 is 0 Å². The van der Waals surface area contributed by atoms with E-state index in [0.717, 1.165) is 0 Å². The highest BCUT2D eigenvalue weighted by Gasteiger charge is 2.02. The van der Waals surface area contributed by atoms with Gasteiger partial charge in [0.1, 0.15) is 13.0 Å². The highest BCUT2D eigenvalue weighted by atomic mass is 15.7. The van der Waals surface area contributed by atoms with Gasteiger partial charge in [-0.1, -0.05) is 0 Å². The molecule has 5 heteroatoms. The molecule has 0 aliphatic carbocycles. The summed E-state index contributed by atoms with van der Waals surface area (Å²) in [6.07, 6.45) is 1.46. The summed E-state index contributed by atoms with van der Waals surface area (Å²) < 4.78 is 0. The average Bonchev–Trinajstić information content (AvgIpc) is 1.87. The number of hydrogen-bond acceptors (Lipinski definition) is 5. The van der Waals surface area contributed by atoms with Gasteiger partial charge in [-0.3, -0.25) is 5.01 Å². The summed E-state index contributed by atoms with van der Waals surface area (Å²) in [5.41, 5.74) is 0. The highest BCUT2D eigenvalue weighted by molar-refractivity contribution is 5.54. The van der Waals surface area contributed by atoms with Crippen molar-refractivity contribution in [2.24, 2.45) is 16.8 Å². The Morgan fingerprint density at radius 3 is 2.43 bits per heavy atom. The van der Waals surface area contributed by atoms with E-state index in [2.05, 4.69) is 5.10 Å². The van der Waals surface area contributed by atoms with Crippen molar-refractivity contribution in [1.82, 2.24) is 10.1 Å². The van der Waals surface area contributed by atoms with Crippen molar-refractivity contribution in [3.63, 3.8) is 0 Å². The maximum atomic E-state index is 5.19. The third-order valence-electron chi connectivity index (χ3n) is 0.656. The van der Waals surface area contributed by atoms with E-state index in [4.69, 9.17) is 11.7 Å². The summed E-state index contributed by atoms with van der Waals surface area (Å²) in [5.74, 6) is 10.3. The van der Waals surface area contributed by atoms with Crippen LogP contribution in [0.2, 0.25) is 0 Å². The third kappa shape index (κ3) is 0.787. The second-order valence-corrected chi connectivity index (χ2v) is 1.33. The molecule has 40 valence electrons. The van der Waals surface area contributed by atoms with Crippen LogP contribution in [-0.2, 0) is 0 Å². The number of hydrazine groups is 2. The van der Waals surface area contributed by atoms with Gasteiger partial charge in [0.05, 0.1) is 0 Å². The summed E-state index contributed by atoms with van der Waals surface area (Å²) in [6.45, 7) is 0.472. The Balaban J connectivity index is 2.42. The van der Waals surface area contributed by atoms with Crippen LogP contribution in [0.15, 0.2) is 5.10 Å². The van der Waals surface area contributed by atoms with Gasteiger partial charge in [0, 0.05) is 0 Å². The molecule has 7 heavy (non-hydrogen) atoms. The number of rotatable bonds is 0. The monoisotopic (exact) mass is 101 g/mol. The Morgan fingerprint density at radius 1 is 1.57 bits per heavy atom.